The first-order valence-corrected chi connectivity index (χ1v) is 7.19. The molecule has 0 aliphatic heterocycles. The zero-order valence-corrected chi connectivity index (χ0v) is 10.9. The van der Waals surface area contributed by atoms with Crippen molar-refractivity contribution in [2.45, 2.75) is 38.3 Å². The lowest BCUT2D eigenvalue weighted by Gasteiger charge is -2.08. The molecule has 1 heterocycles. The molecule has 0 saturated heterocycles. The summed E-state index contributed by atoms with van der Waals surface area (Å²) in [7, 11) is 0. The molecule has 1 aromatic carbocycles. The molecule has 2 aliphatic rings. The second-order valence-electron chi connectivity index (χ2n) is 5.81. The number of benzene rings is 1. The number of hydrogen-bond acceptors (Lipinski definition) is 2. The third-order valence-electron chi connectivity index (χ3n) is 4.07. The minimum atomic E-state index is -0.208. The van der Waals surface area contributed by atoms with Crippen LogP contribution in [0.5, 0.6) is 0 Å². The van der Waals surface area contributed by atoms with Crippen LogP contribution in [-0.2, 0) is 6.54 Å². The van der Waals surface area contributed by atoms with Crippen LogP contribution in [0, 0.1) is 11.7 Å². The van der Waals surface area contributed by atoms with Crippen LogP contribution in [0.1, 0.15) is 37.5 Å². The summed E-state index contributed by atoms with van der Waals surface area (Å²) in [6, 6.07) is 5.78. The van der Waals surface area contributed by atoms with Crippen LogP contribution in [0.3, 0.4) is 0 Å². The first kappa shape index (κ1) is 11.4. The number of para-hydroxylation sites is 1. The maximum Gasteiger partial charge on any atom is 0.151 e. The Balaban J connectivity index is 1.67. The van der Waals surface area contributed by atoms with Crippen LogP contribution >= 0.6 is 0 Å². The molecule has 4 rings (SSSR count). The molecule has 1 aromatic heterocycles. The zero-order chi connectivity index (χ0) is 12.8. The van der Waals surface area contributed by atoms with E-state index in [0.717, 1.165) is 30.3 Å². The van der Waals surface area contributed by atoms with Crippen molar-refractivity contribution in [1.82, 2.24) is 14.9 Å². The Bertz CT molecular complexity index is 611. The summed E-state index contributed by atoms with van der Waals surface area (Å²) in [5.74, 6) is 1.64. The van der Waals surface area contributed by atoms with Gasteiger partial charge >= 0.3 is 0 Å². The van der Waals surface area contributed by atoms with Gasteiger partial charge in [0.25, 0.3) is 0 Å². The van der Waals surface area contributed by atoms with E-state index in [9.17, 15) is 4.39 Å². The van der Waals surface area contributed by atoms with Gasteiger partial charge in [0.05, 0.1) is 12.1 Å². The van der Waals surface area contributed by atoms with Crippen LogP contribution < -0.4 is 5.32 Å². The molecule has 0 amide bonds. The summed E-state index contributed by atoms with van der Waals surface area (Å²) in [5.41, 5.74) is 1.48. The Kier molecular flexibility index (Phi) is 2.58. The number of hydrogen-bond donors (Lipinski definition) is 1. The standard InChI is InChI=1S/C15H18FN3/c16-12-2-1-3-13-15(12)18-14(19(13)11-6-7-11)9-17-8-10-4-5-10/h1-3,10-11,17H,4-9H2. The summed E-state index contributed by atoms with van der Waals surface area (Å²) in [6.07, 6.45) is 5.08. The maximum absolute atomic E-state index is 13.8. The average molecular weight is 259 g/mol. The van der Waals surface area contributed by atoms with Gasteiger partial charge < -0.3 is 9.88 Å². The molecule has 2 saturated carbocycles. The molecule has 0 spiro atoms. The van der Waals surface area contributed by atoms with Gasteiger partial charge in [-0.1, -0.05) is 6.07 Å². The molecule has 4 heteroatoms. The number of nitrogens with zero attached hydrogens (tertiary/aromatic N) is 2. The van der Waals surface area contributed by atoms with Gasteiger partial charge in [-0.3, -0.25) is 0 Å². The SMILES string of the molecule is Fc1cccc2c1nc(CNCC1CC1)n2C1CC1. The first-order valence-electron chi connectivity index (χ1n) is 7.19. The highest BCUT2D eigenvalue weighted by molar-refractivity contribution is 5.77. The molecule has 3 nitrogen and oxygen atoms in total. The van der Waals surface area contributed by atoms with Gasteiger partial charge in [0.15, 0.2) is 5.82 Å². The predicted molar refractivity (Wildman–Crippen MR) is 72.4 cm³/mol. The Morgan fingerprint density at radius 1 is 1.26 bits per heavy atom. The minimum Gasteiger partial charge on any atom is -0.324 e. The van der Waals surface area contributed by atoms with Crippen LogP contribution in [-0.4, -0.2) is 16.1 Å². The van der Waals surface area contributed by atoms with Crippen LogP contribution in [0.4, 0.5) is 4.39 Å². The summed E-state index contributed by atoms with van der Waals surface area (Å²) in [6.45, 7) is 1.82. The molecule has 2 aromatic rings. The third kappa shape index (κ3) is 2.14. The van der Waals surface area contributed by atoms with E-state index >= 15 is 0 Å². The highest BCUT2D eigenvalue weighted by Crippen LogP contribution is 2.39. The lowest BCUT2D eigenvalue weighted by molar-refractivity contribution is 0.589. The summed E-state index contributed by atoms with van der Waals surface area (Å²) in [4.78, 5) is 4.52. The minimum absolute atomic E-state index is 0.208. The van der Waals surface area contributed by atoms with E-state index in [1.165, 1.54) is 31.7 Å². The molecule has 0 radical (unpaired) electrons. The van der Waals surface area contributed by atoms with E-state index in [4.69, 9.17) is 0 Å². The van der Waals surface area contributed by atoms with Gasteiger partial charge in [0, 0.05) is 6.04 Å². The molecular formula is C15H18FN3. The van der Waals surface area contributed by atoms with Crippen molar-refractivity contribution in [1.29, 1.82) is 0 Å². The highest BCUT2D eigenvalue weighted by atomic mass is 19.1. The molecular weight excluding hydrogens is 241 g/mol. The van der Waals surface area contributed by atoms with E-state index in [2.05, 4.69) is 14.9 Å². The first-order chi connectivity index (χ1) is 9.33. The number of rotatable bonds is 5. The molecule has 1 N–H and O–H groups in total. The van der Waals surface area contributed by atoms with Gasteiger partial charge in [0.2, 0.25) is 0 Å². The lowest BCUT2D eigenvalue weighted by atomic mass is 10.3. The molecule has 100 valence electrons. The summed E-state index contributed by atoms with van der Waals surface area (Å²) >= 11 is 0. The van der Waals surface area contributed by atoms with Gasteiger partial charge in [-0.15, -0.1) is 0 Å². The molecule has 2 fully saturated rings. The van der Waals surface area contributed by atoms with Gasteiger partial charge in [-0.25, -0.2) is 9.37 Å². The van der Waals surface area contributed by atoms with E-state index in [-0.39, 0.29) is 5.82 Å². The van der Waals surface area contributed by atoms with Crippen LogP contribution in [0.15, 0.2) is 18.2 Å². The number of halogens is 1. The van der Waals surface area contributed by atoms with E-state index in [0.29, 0.717) is 11.6 Å². The van der Waals surface area contributed by atoms with Crippen molar-refractivity contribution in [2.24, 2.45) is 5.92 Å². The maximum atomic E-state index is 13.8. The van der Waals surface area contributed by atoms with Crippen molar-refractivity contribution < 1.29 is 4.39 Å². The monoisotopic (exact) mass is 259 g/mol. The fourth-order valence-corrected chi connectivity index (χ4v) is 2.71. The summed E-state index contributed by atoms with van der Waals surface area (Å²) in [5, 5.41) is 3.46. The molecule has 0 bridgehead atoms. The fourth-order valence-electron chi connectivity index (χ4n) is 2.71. The van der Waals surface area contributed by atoms with Crippen LogP contribution in [0.25, 0.3) is 11.0 Å². The van der Waals surface area contributed by atoms with Gasteiger partial charge in [-0.05, 0) is 50.3 Å². The smallest absolute Gasteiger partial charge is 0.151 e. The van der Waals surface area contributed by atoms with Crippen molar-refractivity contribution in [2.75, 3.05) is 6.54 Å². The Morgan fingerprint density at radius 2 is 2.11 bits per heavy atom. The molecule has 0 atom stereocenters. The van der Waals surface area contributed by atoms with Crippen molar-refractivity contribution in [3.63, 3.8) is 0 Å². The second-order valence-corrected chi connectivity index (χ2v) is 5.81. The van der Waals surface area contributed by atoms with Gasteiger partial charge in [-0.2, -0.15) is 0 Å². The summed E-state index contributed by atoms with van der Waals surface area (Å²) < 4.78 is 16.1. The zero-order valence-electron chi connectivity index (χ0n) is 10.9. The lowest BCUT2D eigenvalue weighted by Crippen LogP contribution is -2.19. The third-order valence-corrected chi connectivity index (χ3v) is 4.07. The number of nitrogens with one attached hydrogen (secondary N) is 1. The predicted octanol–water partition coefficient (Wildman–Crippen LogP) is 3.01. The van der Waals surface area contributed by atoms with Crippen molar-refractivity contribution in [3.05, 3.63) is 29.8 Å². The molecule has 0 unspecified atom stereocenters. The van der Waals surface area contributed by atoms with Crippen molar-refractivity contribution >= 4 is 11.0 Å². The average Bonchev–Trinajstić information content (AvgIpc) is 3.29. The fraction of sp³-hybridized carbons (Fsp3) is 0.533. The highest BCUT2D eigenvalue weighted by Gasteiger charge is 2.29. The Hall–Kier alpha value is -1.42. The second kappa shape index (κ2) is 4.30. The Labute approximate surface area is 111 Å². The quantitative estimate of drug-likeness (QED) is 0.894. The number of imidazole rings is 1. The van der Waals surface area contributed by atoms with Crippen LogP contribution in [0.2, 0.25) is 0 Å². The van der Waals surface area contributed by atoms with E-state index in [1.807, 2.05) is 6.07 Å². The van der Waals surface area contributed by atoms with E-state index < -0.39 is 0 Å². The normalized spacial score (nSPS) is 19.2. The van der Waals surface area contributed by atoms with Gasteiger partial charge in [0.1, 0.15) is 11.3 Å². The largest absolute Gasteiger partial charge is 0.324 e. The molecule has 2 aliphatic carbocycles. The molecule has 19 heavy (non-hydrogen) atoms. The number of aromatic nitrogens is 2. The van der Waals surface area contributed by atoms with Crippen molar-refractivity contribution in [3.8, 4) is 0 Å². The topological polar surface area (TPSA) is 29.9 Å². The Morgan fingerprint density at radius 3 is 2.84 bits per heavy atom. The van der Waals surface area contributed by atoms with E-state index in [1.54, 1.807) is 6.07 Å². The number of fused-ring (bicyclic) bond motifs is 1.